The van der Waals surface area contributed by atoms with Crippen molar-refractivity contribution < 1.29 is 0 Å². The molecule has 1 heterocycles. The molecule has 0 atom stereocenters. The van der Waals surface area contributed by atoms with Crippen LogP contribution in [0.4, 0.5) is 0 Å². The minimum Gasteiger partial charge on any atom is -0.372 e. The average Bonchev–Trinajstić information content (AvgIpc) is 2.40. The van der Waals surface area contributed by atoms with Crippen LogP contribution in [0.25, 0.3) is 5.70 Å². The SMILES string of the molecule is BCCc1ccc(C(=C)N2CCCCC2)cc1. The van der Waals surface area contributed by atoms with E-state index in [1.165, 1.54) is 61.9 Å². The fraction of sp³-hybridized carbons (Fsp3) is 0.467. The van der Waals surface area contributed by atoms with Gasteiger partial charge in [-0.3, -0.25) is 0 Å². The first-order chi connectivity index (χ1) is 8.31. The highest BCUT2D eigenvalue weighted by Gasteiger charge is 2.12. The molecule has 0 unspecified atom stereocenters. The first kappa shape index (κ1) is 12.3. The average molecular weight is 227 g/mol. The van der Waals surface area contributed by atoms with Crippen LogP contribution in [0, 0.1) is 0 Å². The predicted octanol–water partition coefficient (Wildman–Crippen LogP) is 2.74. The summed E-state index contributed by atoms with van der Waals surface area (Å²) in [5.41, 5.74) is 3.92. The fourth-order valence-corrected chi connectivity index (χ4v) is 2.50. The maximum atomic E-state index is 4.25. The summed E-state index contributed by atoms with van der Waals surface area (Å²) in [4.78, 5) is 2.43. The molecular weight excluding hydrogens is 205 g/mol. The number of benzene rings is 1. The van der Waals surface area contributed by atoms with Crippen LogP contribution in [0.15, 0.2) is 30.8 Å². The Balaban J connectivity index is 2.03. The van der Waals surface area contributed by atoms with Crippen LogP contribution in [0.3, 0.4) is 0 Å². The topological polar surface area (TPSA) is 3.24 Å². The minimum atomic E-state index is 1.18. The number of hydrogen-bond donors (Lipinski definition) is 0. The van der Waals surface area contributed by atoms with Crippen LogP contribution in [0.2, 0.25) is 6.32 Å². The van der Waals surface area contributed by atoms with Gasteiger partial charge in [0.1, 0.15) is 7.85 Å². The number of aryl methyl sites for hydroxylation is 1. The van der Waals surface area contributed by atoms with Gasteiger partial charge in [0.05, 0.1) is 0 Å². The maximum absolute atomic E-state index is 4.25. The molecule has 1 aromatic carbocycles. The maximum Gasteiger partial charge on any atom is 0.101 e. The molecule has 0 radical (unpaired) electrons. The molecule has 2 heteroatoms. The van der Waals surface area contributed by atoms with Crippen LogP contribution in [0.5, 0.6) is 0 Å². The lowest BCUT2D eigenvalue weighted by Gasteiger charge is -2.30. The van der Waals surface area contributed by atoms with Crippen molar-refractivity contribution in [3.05, 3.63) is 42.0 Å². The largest absolute Gasteiger partial charge is 0.372 e. The van der Waals surface area contributed by atoms with Gasteiger partial charge in [-0.15, -0.1) is 0 Å². The summed E-state index contributed by atoms with van der Waals surface area (Å²) < 4.78 is 0. The van der Waals surface area contributed by atoms with Crippen LogP contribution >= 0.6 is 0 Å². The highest BCUT2D eigenvalue weighted by molar-refractivity contribution is 6.08. The van der Waals surface area contributed by atoms with E-state index in [4.69, 9.17) is 0 Å². The Hall–Kier alpha value is -1.18. The monoisotopic (exact) mass is 227 g/mol. The summed E-state index contributed by atoms with van der Waals surface area (Å²) in [6, 6.07) is 8.94. The lowest BCUT2D eigenvalue weighted by Crippen LogP contribution is -2.27. The molecule has 1 aliphatic heterocycles. The predicted molar refractivity (Wildman–Crippen MR) is 78.0 cm³/mol. The van der Waals surface area contributed by atoms with Gasteiger partial charge in [-0.2, -0.15) is 0 Å². The molecule has 1 saturated heterocycles. The Bertz CT molecular complexity index is 363. The Morgan fingerprint density at radius 2 is 1.76 bits per heavy atom. The number of rotatable bonds is 4. The standard InChI is InChI=1S/C15H22BN/c1-13(17-11-3-2-4-12-17)15-7-5-14(6-8-15)9-10-16/h5-8H,1-4,9-12,16H2. The first-order valence-corrected chi connectivity index (χ1v) is 6.84. The van der Waals surface area contributed by atoms with Gasteiger partial charge in [-0.1, -0.05) is 37.2 Å². The lowest BCUT2D eigenvalue weighted by molar-refractivity contribution is 0.326. The minimum absolute atomic E-state index is 1.18. The van der Waals surface area contributed by atoms with E-state index in [2.05, 4.69) is 43.6 Å². The van der Waals surface area contributed by atoms with Gasteiger partial charge in [0.25, 0.3) is 0 Å². The van der Waals surface area contributed by atoms with E-state index in [0.29, 0.717) is 0 Å². The van der Waals surface area contributed by atoms with E-state index in [1.54, 1.807) is 0 Å². The van der Waals surface area contributed by atoms with Crippen LogP contribution in [-0.2, 0) is 6.42 Å². The summed E-state index contributed by atoms with van der Waals surface area (Å²) in [7, 11) is 2.22. The lowest BCUT2D eigenvalue weighted by atomic mass is 9.96. The van der Waals surface area contributed by atoms with Crippen molar-refractivity contribution in [2.45, 2.75) is 32.0 Å². The van der Waals surface area contributed by atoms with Gasteiger partial charge < -0.3 is 4.90 Å². The van der Waals surface area contributed by atoms with E-state index in [0.717, 1.165) is 0 Å². The molecule has 0 aliphatic carbocycles. The van der Waals surface area contributed by atoms with Crippen molar-refractivity contribution in [1.82, 2.24) is 4.90 Å². The Kier molecular flexibility index (Phi) is 4.30. The number of piperidine rings is 1. The molecular formula is C15H22BN. The second kappa shape index (κ2) is 5.95. The third kappa shape index (κ3) is 3.15. The molecule has 0 saturated carbocycles. The normalized spacial score (nSPS) is 15.9. The highest BCUT2D eigenvalue weighted by atomic mass is 15.1. The summed E-state index contributed by atoms with van der Waals surface area (Å²) in [6.45, 7) is 6.60. The molecule has 90 valence electrons. The van der Waals surface area contributed by atoms with E-state index >= 15 is 0 Å². The molecule has 0 amide bonds. The zero-order valence-corrected chi connectivity index (χ0v) is 10.9. The number of hydrogen-bond acceptors (Lipinski definition) is 1. The fourth-order valence-electron chi connectivity index (χ4n) is 2.50. The molecule has 1 fully saturated rings. The molecule has 0 aromatic heterocycles. The quantitative estimate of drug-likeness (QED) is 0.715. The second-order valence-electron chi connectivity index (χ2n) is 4.94. The van der Waals surface area contributed by atoms with E-state index in [9.17, 15) is 0 Å². The van der Waals surface area contributed by atoms with Crippen molar-refractivity contribution in [3.8, 4) is 0 Å². The molecule has 1 nitrogen and oxygen atoms in total. The Morgan fingerprint density at radius 3 is 2.35 bits per heavy atom. The van der Waals surface area contributed by atoms with Crippen molar-refractivity contribution >= 4 is 13.5 Å². The van der Waals surface area contributed by atoms with E-state index < -0.39 is 0 Å². The van der Waals surface area contributed by atoms with Gasteiger partial charge in [0, 0.05) is 18.8 Å². The van der Waals surface area contributed by atoms with Crippen molar-refractivity contribution in [2.24, 2.45) is 0 Å². The molecule has 17 heavy (non-hydrogen) atoms. The zero-order chi connectivity index (χ0) is 12.1. The van der Waals surface area contributed by atoms with E-state index in [1.807, 2.05) is 0 Å². The van der Waals surface area contributed by atoms with Gasteiger partial charge in [0.15, 0.2) is 0 Å². The molecule has 0 spiro atoms. The third-order valence-corrected chi connectivity index (χ3v) is 3.56. The van der Waals surface area contributed by atoms with Crippen molar-refractivity contribution in [1.29, 1.82) is 0 Å². The van der Waals surface area contributed by atoms with E-state index in [-0.39, 0.29) is 0 Å². The van der Waals surface area contributed by atoms with Crippen LogP contribution in [-0.4, -0.2) is 25.8 Å². The molecule has 0 bridgehead atoms. The van der Waals surface area contributed by atoms with Gasteiger partial charge >= 0.3 is 0 Å². The zero-order valence-electron chi connectivity index (χ0n) is 10.9. The van der Waals surface area contributed by atoms with Gasteiger partial charge in [-0.25, -0.2) is 0 Å². The molecule has 0 N–H and O–H groups in total. The number of nitrogens with zero attached hydrogens (tertiary/aromatic N) is 1. The molecule has 1 aliphatic rings. The van der Waals surface area contributed by atoms with Gasteiger partial charge in [0.2, 0.25) is 0 Å². The first-order valence-electron chi connectivity index (χ1n) is 6.84. The summed E-state index contributed by atoms with van der Waals surface area (Å²) in [5, 5.41) is 0. The molecule has 2 rings (SSSR count). The Labute approximate surface area is 106 Å². The van der Waals surface area contributed by atoms with Crippen LogP contribution in [0.1, 0.15) is 30.4 Å². The van der Waals surface area contributed by atoms with Crippen molar-refractivity contribution in [2.75, 3.05) is 13.1 Å². The molecule has 1 aromatic rings. The number of likely N-dealkylation sites (tertiary alicyclic amines) is 1. The third-order valence-electron chi connectivity index (χ3n) is 3.56. The summed E-state index contributed by atoms with van der Waals surface area (Å²) in [5.74, 6) is 0. The Morgan fingerprint density at radius 1 is 1.12 bits per heavy atom. The highest BCUT2D eigenvalue weighted by Crippen LogP contribution is 2.22. The summed E-state index contributed by atoms with van der Waals surface area (Å²) in [6.07, 6.45) is 6.39. The second-order valence-corrected chi connectivity index (χ2v) is 4.94. The van der Waals surface area contributed by atoms with Crippen LogP contribution < -0.4 is 0 Å². The van der Waals surface area contributed by atoms with Gasteiger partial charge in [-0.05, 0) is 36.8 Å². The summed E-state index contributed by atoms with van der Waals surface area (Å²) >= 11 is 0. The smallest absolute Gasteiger partial charge is 0.101 e. The van der Waals surface area contributed by atoms with Crippen molar-refractivity contribution in [3.63, 3.8) is 0 Å².